The first kappa shape index (κ1) is 22.7. The molecule has 2 heterocycles. The van der Waals surface area contributed by atoms with E-state index in [0.717, 1.165) is 6.07 Å². The monoisotopic (exact) mass is 467 g/mol. The number of alkyl halides is 6. The van der Waals surface area contributed by atoms with Crippen molar-refractivity contribution in [3.05, 3.63) is 57.5 Å². The summed E-state index contributed by atoms with van der Waals surface area (Å²) in [6, 6.07) is 2.89. The summed E-state index contributed by atoms with van der Waals surface area (Å²) in [5, 5.41) is 1.39. The third-order valence-electron chi connectivity index (χ3n) is 4.45. The summed E-state index contributed by atoms with van der Waals surface area (Å²) in [6.45, 7) is -1.17. The second kappa shape index (κ2) is 7.91. The number of amides is 2. The SMILES string of the molecule is O=C1CC(C(F)(F)F)N(C(=O)Cn2cc(C(F)(F)F)cc(Cl)c2=O)c2ccccc2N1. The van der Waals surface area contributed by atoms with E-state index >= 15 is 0 Å². The minimum Gasteiger partial charge on any atom is -0.324 e. The number of carbonyl (C=O) groups excluding carboxylic acids is 2. The number of halogens is 7. The van der Waals surface area contributed by atoms with Gasteiger partial charge in [0.2, 0.25) is 11.8 Å². The molecule has 0 saturated carbocycles. The third-order valence-corrected chi connectivity index (χ3v) is 4.72. The molecule has 1 unspecified atom stereocenters. The number of hydrogen-bond acceptors (Lipinski definition) is 3. The van der Waals surface area contributed by atoms with E-state index in [4.69, 9.17) is 11.6 Å². The molecular formula is C18H12ClF6N3O3. The zero-order valence-corrected chi connectivity index (χ0v) is 16.0. The van der Waals surface area contributed by atoms with Gasteiger partial charge < -0.3 is 9.88 Å². The fraction of sp³-hybridized carbons (Fsp3) is 0.278. The van der Waals surface area contributed by atoms with Gasteiger partial charge in [0.05, 0.1) is 23.4 Å². The summed E-state index contributed by atoms with van der Waals surface area (Å²) in [7, 11) is 0. The Balaban J connectivity index is 2.09. The molecular weight excluding hydrogens is 456 g/mol. The predicted octanol–water partition coefficient (Wildman–Crippen LogP) is 3.83. The van der Waals surface area contributed by atoms with E-state index in [9.17, 15) is 40.7 Å². The second-order valence-corrected chi connectivity index (χ2v) is 7.01. The summed E-state index contributed by atoms with van der Waals surface area (Å²) < 4.78 is 80.4. The van der Waals surface area contributed by atoms with E-state index in [1.165, 1.54) is 18.2 Å². The van der Waals surface area contributed by atoms with Crippen molar-refractivity contribution in [2.24, 2.45) is 0 Å². The van der Waals surface area contributed by atoms with Crippen LogP contribution in [0.15, 0.2) is 41.3 Å². The molecule has 3 rings (SSSR count). The van der Waals surface area contributed by atoms with E-state index in [1.807, 2.05) is 0 Å². The van der Waals surface area contributed by atoms with Crippen molar-refractivity contribution in [2.45, 2.75) is 31.4 Å². The number of nitrogens with one attached hydrogen (secondary N) is 1. The minimum atomic E-state index is -5.04. The van der Waals surface area contributed by atoms with Crippen molar-refractivity contribution in [2.75, 3.05) is 10.2 Å². The average Bonchev–Trinajstić information content (AvgIpc) is 2.79. The first-order valence-electron chi connectivity index (χ1n) is 8.54. The standard InChI is InChI=1S/C18H12ClF6N3O3/c19-10-5-9(17(20,21)22)7-27(16(10)31)8-15(30)28-12-4-2-1-3-11(12)26-14(29)6-13(28)18(23,24)25/h1-5,7,13H,6,8H2,(H,26,29). The number of pyridine rings is 1. The summed E-state index contributed by atoms with van der Waals surface area (Å²) in [6.07, 6.45) is -10.8. The number of nitrogens with zero attached hydrogens (tertiary/aromatic N) is 2. The second-order valence-electron chi connectivity index (χ2n) is 6.60. The molecule has 2 amide bonds. The molecule has 166 valence electrons. The number of rotatable bonds is 2. The fourth-order valence-corrected chi connectivity index (χ4v) is 3.32. The lowest BCUT2D eigenvalue weighted by molar-refractivity contribution is -0.158. The Labute approximate surface area is 175 Å². The normalized spacial score (nSPS) is 17.1. The molecule has 0 spiro atoms. The van der Waals surface area contributed by atoms with Crippen LogP contribution in [0.5, 0.6) is 0 Å². The Hall–Kier alpha value is -3.02. The Morgan fingerprint density at radius 3 is 2.39 bits per heavy atom. The van der Waals surface area contributed by atoms with Crippen LogP contribution in [0.3, 0.4) is 0 Å². The van der Waals surface area contributed by atoms with Gasteiger partial charge in [-0.3, -0.25) is 19.3 Å². The Kier molecular flexibility index (Phi) is 5.78. The number of para-hydroxylation sites is 2. The quantitative estimate of drug-likeness (QED) is 0.683. The molecule has 0 saturated heterocycles. The predicted molar refractivity (Wildman–Crippen MR) is 97.7 cm³/mol. The summed E-state index contributed by atoms with van der Waals surface area (Å²) in [4.78, 5) is 37.2. The highest BCUT2D eigenvalue weighted by atomic mass is 35.5. The van der Waals surface area contributed by atoms with Crippen molar-refractivity contribution in [3.63, 3.8) is 0 Å². The van der Waals surface area contributed by atoms with Crippen LogP contribution >= 0.6 is 11.6 Å². The molecule has 0 fully saturated rings. The van der Waals surface area contributed by atoms with E-state index < -0.39 is 59.3 Å². The topological polar surface area (TPSA) is 71.4 Å². The van der Waals surface area contributed by atoms with Gasteiger partial charge in [-0.05, 0) is 18.2 Å². The number of fused-ring (bicyclic) bond motifs is 1. The van der Waals surface area contributed by atoms with Gasteiger partial charge >= 0.3 is 12.4 Å². The van der Waals surface area contributed by atoms with Crippen LogP contribution in [0.4, 0.5) is 37.7 Å². The van der Waals surface area contributed by atoms with Crippen LogP contribution < -0.4 is 15.8 Å². The van der Waals surface area contributed by atoms with Gasteiger partial charge in [-0.25, -0.2) is 0 Å². The lowest BCUT2D eigenvalue weighted by atomic mass is 10.1. The maximum Gasteiger partial charge on any atom is 0.417 e. The molecule has 1 aromatic carbocycles. The maximum absolute atomic E-state index is 13.7. The first-order valence-corrected chi connectivity index (χ1v) is 8.91. The number of hydrogen-bond donors (Lipinski definition) is 1. The van der Waals surface area contributed by atoms with Crippen molar-refractivity contribution in [1.29, 1.82) is 0 Å². The van der Waals surface area contributed by atoms with E-state index in [0.29, 0.717) is 12.3 Å². The number of aromatic nitrogens is 1. The highest BCUT2D eigenvalue weighted by molar-refractivity contribution is 6.30. The summed E-state index contributed by atoms with van der Waals surface area (Å²) in [5.74, 6) is -2.37. The molecule has 0 radical (unpaired) electrons. The summed E-state index contributed by atoms with van der Waals surface area (Å²) in [5.41, 5.74) is -2.96. The molecule has 31 heavy (non-hydrogen) atoms. The van der Waals surface area contributed by atoms with Crippen LogP contribution in [0.1, 0.15) is 12.0 Å². The van der Waals surface area contributed by atoms with Crippen molar-refractivity contribution in [1.82, 2.24) is 4.57 Å². The smallest absolute Gasteiger partial charge is 0.324 e. The van der Waals surface area contributed by atoms with Crippen molar-refractivity contribution < 1.29 is 35.9 Å². The first-order chi connectivity index (χ1) is 14.3. The number of carbonyl (C=O) groups is 2. The average molecular weight is 468 g/mol. The maximum atomic E-state index is 13.7. The van der Waals surface area contributed by atoms with Crippen molar-refractivity contribution >= 4 is 34.8 Å². The molecule has 0 bridgehead atoms. The molecule has 1 atom stereocenters. The van der Waals surface area contributed by atoms with Gasteiger partial charge in [-0.15, -0.1) is 0 Å². The fourth-order valence-electron chi connectivity index (χ4n) is 3.09. The molecule has 0 aliphatic carbocycles. The van der Waals surface area contributed by atoms with E-state index in [2.05, 4.69) is 5.32 Å². The Morgan fingerprint density at radius 2 is 1.77 bits per heavy atom. The van der Waals surface area contributed by atoms with Gasteiger partial charge in [0.25, 0.3) is 5.56 Å². The zero-order valence-electron chi connectivity index (χ0n) is 15.2. The van der Waals surface area contributed by atoms with Crippen LogP contribution in [0.2, 0.25) is 5.02 Å². The molecule has 1 N–H and O–H groups in total. The largest absolute Gasteiger partial charge is 0.417 e. The minimum absolute atomic E-state index is 0.0954. The Bertz CT molecular complexity index is 1100. The zero-order chi connectivity index (χ0) is 23.1. The number of benzene rings is 1. The van der Waals surface area contributed by atoms with Gasteiger partial charge in [0, 0.05) is 6.20 Å². The molecule has 1 aliphatic rings. The summed E-state index contributed by atoms with van der Waals surface area (Å²) >= 11 is 5.53. The molecule has 13 heteroatoms. The van der Waals surface area contributed by atoms with Gasteiger partial charge in [0.1, 0.15) is 17.6 Å². The lowest BCUT2D eigenvalue weighted by Gasteiger charge is -2.32. The molecule has 2 aromatic rings. The third kappa shape index (κ3) is 4.68. The van der Waals surface area contributed by atoms with Gasteiger partial charge in [0.15, 0.2) is 0 Å². The number of anilines is 2. The lowest BCUT2D eigenvalue weighted by Crippen LogP contribution is -2.51. The van der Waals surface area contributed by atoms with Crippen LogP contribution in [0.25, 0.3) is 0 Å². The van der Waals surface area contributed by atoms with Gasteiger partial charge in [-0.1, -0.05) is 23.7 Å². The van der Waals surface area contributed by atoms with Crippen LogP contribution in [-0.4, -0.2) is 28.6 Å². The molecule has 1 aliphatic heterocycles. The van der Waals surface area contributed by atoms with Crippen molar-refractivity contribution in [3.8, 4) is 0 Å². The van der Waals surface area contributed by atoms with E-state index in [1.54, 1.807) is 0 Å². The van der Waals surface area contributed by atoms with Gasteiger partial charge in [-0.2, -0.15) is 26.3 Å². The highest BCUT2D eigenvalue weighted by Gasteiger charge is 2.49. The van der Waals surface area contributed by atoms with Crippen LogP contribution in [-0.2, 0) is 22.3 Å². The van der Waals surface area contributed by atoms with Crippen LogP contribution in [0, 0.1) is 0 Å². The molecule has 1 aromatic heterocycles. The van der Waals surface area contributed by atoms with E-state index in [-0.39, 0.29) is 20.8 Å². The highest BCUT2D eigenvalue weighted by Crippen LogP contribution is 2.38. The molecule has 6 nitrogen and oxygen atoms in total. The Morgan fingerprint density at radius 1 is 1.13 bits per heavy atom.